The Bertz CT molecular complexity index is 392. The number of rotatable bonds is 8. The van der Waals surface area contributed by atoms with Crippen molar-refractivity contribution in [2.24, 2.45) is 11.8 Å². The van der Waals surface area contributed by atoms with Crippen molar-refractivity contribution in [2.75, 3.05) is 19.6 Å². The van der Waals surface area contributed by atoms with Gasteiger partial charge < -0.3 is 9.73 Å². The Balaban J connectivity index is 1.77. The van der Waals surface area contributed by atoms with E-state index in [0.29, 0.717) is 5.92 Å². The Hall–Kier alpha value is -0.800. The molecule has 1 aromatic heterocycles. The van der Waals surface area contributed by atoms with E-state index >= 15 is 0 Å². The number of piperidine rings is 1. The highest BCUT2D eigenvalue weighted by Gasteiger charge is 2.19. The second kappa shape index (κ2) is 8.60. The van der Waals surface area contributed by atoms with E-state index in [1.54, 1.807) is 0 Å². The highest BCUT2D eigenvalue weighted by molar-refractivity contribution is 5.17. The van der Waals surface area contributed by atoms with E-state index in [2.05, 4.69) is 37.1 Å². The molecule has 0 atom stereocenters. The highest BCUT2D eigenvalue weighted by atomic mass is 16.3. The first-order chi connectivity index (χ1) is 10.2. The van der Waals surface area contributed by atoms with Gasteiger partial charge in [-0.1, -0.05) is 33.6 Å². The van der Waals surface area contributed by atoms with Crippen molar-refractivity contribution >= 4 is 0 Å². The van der Waals surface area contributed by atoms with Crippen molar-refractivity contribution < 1.29 is 4.42 Å². The molecule has 0 unspecified atom stereocenters. The molecule has 0 saturated carbocycles. The lowest BCUT2D eigenvalue weighted by Gasteiger charge is -2.31. The summed E-state index contributed by atoms with van der Waals surface area (Å²) in [7, 11) is 0. The van der Waals surface area contributed by atoms with Gasteiger partial charge in [0.1, 0.15) is 5.76 Å². The molecule has 0 aliphatic carbocycles. The summed E-state index contributed by atoms with van der Waals surface area (Å²) >= 11 is 0. The number of hydrogen-bond donors (Lipinski definition) is 1. The Kier molecular flexibility index (Phi) is 6.78. The fourth-order valence-electron chi connectivity index (χ4n) is 3.22. The van der Waals surface area contributed by atoms with Crippen LogP contribution in [0, 0.1) is 11.8 Å². The molecule has 2 rings (SSSR count). The van der Waals surface area contributed by atoms with Crippen LogP contribution < -0.4 is 5.32 Å². The van der Waals surface area contributed by atoms with Crippen LogP contribution in [0.5, 0.6) is 0 Å². The zero-order chi connectivity index (χ0) is 15.1. The van der Waals surface area contributed by atoms with E-state index in [1.165, 1.54) is 44.3 Å². The minimum absolute atomic E-state index is 0.681. The van der Waals surface area contributed by atoms with Gasteiger partial charge >= 0.3 is 0 Å². The first-order valence-electron chi connectivity index (χ1n) is 8.67. The van der Waals surface area contributed by atoms with Gasteiger partial charge in [-0.3, -0.25) is 4.90 Å². The normalized spacial score (nSPS) is 17.7. The third-order valence-corrected chi connectivity index (χ3v) is 4.47. The van der Waals surface area contributed by atoms with Crippen LogP contribution in [0.2, 0.25) is 0 Å². The summed E-state index contributed by atoms with van der Waals surface area (Å²) in [6, 6.07) is 2.14. The van der Waals surface area contributed by atoms with Gasteiger partial charge in [0.2, 0.25) is 0 Å². The molecule has 1 fully saturated rings. The number of hydrogen-bond acceptors (Lipinski definition) is 3. The fourth-order valence-corrected chi connectivity index (χ4v) is 3.22. The quantitative estimate of drug-likeness (QED) is 0.784. The second-order valence-electron chi connectivity index (χ2n) is 6.90. The largest absolute Gasteiger partial charge is 0.468 e. The molecule has 1 aliphatic rings. The molecule has 1 aliphatic heterocycles. The van der Waals surface area contributed by atoms with Crippen LogP contribution in [0.3, 0.4) is 0 Å². The van der Waals surface area contributed by atoms with Crippen molar-refractivity contribution in [1.82, 2.24) is 10.2 Å². The maximum absolute atomic E-state index is 5.66. The zero-order valence-electron chi connectivity index (χ0n) is 14.0. The summed E-state index contributed by atoms with van der Waals surface area (Å²) in [4.78, 5) is 2.59. The van der Waals surface area contributed by atoms with Gasteiger partial charge in [0.15, 0.2) is 0 Å². The van der Waals surface area contributed by atoms with Crippen molar-refractivity contribution in [1.29, 1.82) is 0 Å². The molecule has 3 heteroatoms. The summed E-state index contributed by atoms with van der Waals surface area (Å²) in [5, 5.41) is 3.48. The van der Waals surface area contributed by atoms with Crippen LogP contribution in [-0.2, 0) is 13.1 Å². The van der Waals surface area contributed by atoms with Crippen molar-refractivity contribution in [3.63, 3.8) is 0 Å². The van der Waals surface area contributed by atoms with E-state index in [4.69, 9.17) is 4.42 Å². The van der Waals surface area contributed by atoms with Crippen LogP contribution in [0.1, 0.15) is 57.8 Å². The maximum Gasteiger partial charge on any atom is 0.122 e. The molecule has 0 aromatic carbocycles. The standard InChI is InChI=1S/C18H32N2O/c1-4-5-16-6-9-20(10-7-16)14-17-8-11-21-18(17)13-19-12-15(2)3/h8,11,15-16,19H,4-7,9-10,12-14H2,1-3H3. The van der Waals surface area contributed by atoms with Gasteiger partial charge in [-0.2, -0.15) is 0 Å². The fraction of sp³-hybridized carbons (Fsp3) is 0.778. The molecule has 21 heavy (non-hydrogen) atoms. The number of nitrogens with one attached hydrogen (secondary N) is 1. The van der Waals surface area contributed by atoms with Gasteiger partial charge in [-0.25, -0.2) is 0 Å². The molecule has 1 aromatic rings. The molecule has 0 radical (unpaired) electrons. The predicted molar refractivity (Wildman–Crippen MR) is 88.2 cm³/mol. The first kappa shape index (κ1) is 16.6. The highest BCUT2D eigenvalue weighted by Crippen LogP contribution is 2.23. The minimum Gasteiger partial charge on any atom is -0.468 e. The van der Waals surface area contributed by atoms with Crippen LogP contribution >= 0.6 is 0 Å². The molecule has 0 bridgehead atoms. The Labute approximate surface area is 130 Å². The average Bonchev–Trinajstić information content (AvgIpc) is 2.88. The molecule has 0 amide bonds. The van der Waals surface area contributed by atoms with Crippen LogP contribution in [0.15, 0.2) is 16.7 Å². The third kappa shape index (κ3) is 5.48. The lowest BCUT2D eigenvalue weighted by atomic mass is 9.92. The Morgan fingerprint density at radius 2 is 2.10 bits per heavy atom. The summed E-state index contributed by atoms with van der Waals surface area (Å²) in [6.45, 7) is 12.2. The number of likely N-dealkylation sites (tertiary alicyclic amines) is 1. The van der Waals surface area contributed by atoms with Crippen LogP contribution in [0.4, 0.5) is 0 Å². The molecular weight excluding hydrogens is 260 g/mol. The minimum atomic E-state index is 0.681. The SMILES string of the molecule is CCCC1CCN(Cc2ccoc2CNCC(C)C)CC1. The topological polar surface area (TPSA) is 28.4 Å². The summed E-state index contributed by atoms with van der Waals surface area (Å²) < 4.78 is 5.66. The summed E-state index contributed by atoms with van der Waals surface area (Å²) in [5.74, 6) is 2.76. The second-order valence-corrected chi connectivity index (χ2v) is 6.90. The van der Waals surface area contributed by atoms with Crippen LogP contribution in [-0.4, -0.2) is 24.5 Å². The van der Waals surface area contributed by atoms with Crippen molar-refractivity contribution in [2.45, 2.75) is 59.5 Å². The van der Waals surface area contributed by atoms with Gasteiger partial charge in [-0.15, -0.1) is 0 Å². The van der Waals surface area contributed by atoms with E-state index in [1.807, 2.05) is 6.26 Å². The molecule has 120 valence electrons. The van der Waals surface area contributed by atoms with E-state index < -0.39 is 0 Å². The van der Waals surface area contributed by atoms with Crippen molar-refractivity contribution in [3.05, 3.63) is 23.7 Å². The molecule has 1 N–H and O–H groups in total. The van der Waals surface area contributed by atoms with Gasteiger partial charge in [0.25, 0.3) is 0 Å². The zero-order valence-corrected chi connectivity index (χ0v) is 14.0. The molecule has 1 saturated heterocycles. The van der Waals surface area contributed by atoms with Crippen molar-refractivity contribution in [3.8, 4) is 0 Å². The van der Waals surface area contributed by atoms with Gasteiger partial charge in [0, 0.05) is 12.1 Å². The van der Waals surface area contributed by atoms with E-state index in [0.717, 1.165) is 31.3 Å². The molecular formula is C18H32N2O. The Morgan fingerprint density at radius 3 is 2.76 bits per heavy atom. The average molecular weight is 292 g/mol. The molecule has 0 spiro atoms. The van der Waals surface area contributed by atoms with E-state index in [-0.39, 0.29) is 0 Å². The Morgan fingerprint density at radius 1 is 1.33 bits per heavy atom. The summed E-state index contributed by atoms with van der Waals surface area (Å²) in [5.41, 5.74) is 1.36. The first-order valence-corrected chi connectivity index (χ1v) is 8.67. The van der Waals surface area contributed by atoms with Gasteiger partial charge in [-0.05, 0) is 50.4 Å². The maximum atomic E-state index is 5.66. The number of nitrogens with zero attached hydrogens (tertiary/aromatic N) is 1. The monoisotopic (exact) mass is 292 g/mol. The lowest BCUT2D eigenvalue weighted by molar-refractivity contribution is 0.171. The van der Waals surface area contributed by atoms with E-state index in [9.17, 15) is 0 Å². The number of furan rings is 1. The van der Waals surface area contributed by atoms with Gasteiger partial charge in [0.05, 0.1) is 12.8 Å². The molecule has 2 heterocycles. The van der Waals surface area contributed by atoms with Crippen LogP contribution in [0.25, 0.3) is 0 Å². The smallest absolute Gasteiger partial charge is 0.122 e. The summed E-state index contributed by atoms with van der Waals surface area (Å²) in [6.07, 6.45) is 7.31. The third-order valence-electron chi connectivity index (χ3n) is 4.47. The predicted octanol–water partition coefficient (Wildman–Crippen LogP) is 4.04. The lowest BCUT2D eigenvalue weighted by Crippen LogP contribution is -2.33. The molecule has 3 nitrogen and oxygen atoms in total.